The van der Waals surface area contributed by atoms with Crippen molar-refractivity contribution in [2.24, 2.45) is 0 Å². The Morgan fingerprint density at radius 1 is 1.38 bits per heavy atom. The minimum atomic E-state index is -4.89. The Kier molecular flexibility index (Phi) is 25.1. The van der Waals surface area contributed by atoms with Crippen LogP contribution in [0.2, 0.25) is 0 Å². The summed E-state index contributed by atoms with van der Waals surface area (Å²) in [5.41, 5.74) is 0. The molecule has 0 fully saturated rings. The van der Waals surface area contributed by atoms with E-state index in [2.05, 4.69) is 0 Å². The normalized spacial score (nSPS) is 8.31. The van der Waals surface area contributed by atoms with Gasteiger partial charge in [0.05, 0.1) is 0 Å². The minimum Gasteiger partial charge on any atom is -0.756 e. The van der Waals surface area contributed by atoms with E-state index in [4.69, 9.17) is 19.2 Å². The molecule has 0 aliphatic rings. The summed E-state index contributed by atoms with van der Waals surface area (Å²) >= 11 is 0. The van der Waals surface area contributed by atoms with E-state index < -0.39 is 13.8 Å². The summed E-state index contributed by atoms with van der Waals surface area (Å²) in [5.74, 6) is -0.961. The van der Waals surface area contributed by atoms with Gasteiger partial charge in [0.15, 0.2) is 0 Å². The van der Waals surface area contributed by atoms with Crippen molar-refractivity contribution >= 4 is 13.8 Å². The van der Waals surface area contributed by atoms with E-state index >= 15 is 0 Å². The van der Waals surface area contributed by atoms with Crippen molar-refractivity contribution in [2.75, 3.05) is 0 Å². The van der Waals surface area contributed by atoms with Crippen molar-refractivity contribution in [3.05, 3.63) is 0 Å². The molecule has 0 radical (unpaired) electrons. The molecule has 0 atom stereocenters. The second-order valence-corrected chi connectivity index (χ2v) is 2.59. The zero-order valence-corrected chi connectivity index (χ0v) is 12.8. The fourth-order valence-corrected chi connectivity index (χ4v) is 0.204. The maximum absolute atomic E-state index is 9.49. The molecular weight excluding hydrogens is 221 g/mol. The Morgan fingerprint density at radius 2 is 1.62 bits per heavy atom. The predicted octanol–water partition coefficient (Wildman–Crippen LogP) is -8.02. The first-order chi connectivity index (χ1) is 4.77. The van der Waals surface area contributed by atoms with Crippen LogP contribution in [0.15, 0.2) is 0 Å². The number of carboxylic acids is 1. The first kappa shape index (κ1) is 24.0. The fourth-order valence-electron chi connectivity index (χ4n) is 0.204. The van der Waals surface area contributed by atoms with Crippen molar-refractivity contribution in [1.29, 1.82) is 0 Å². The third-order valence-corrected chi connectivity index (χ3v) is 0.454. The first-order valence-corrected chi connectivity index (χ1v) is 4.26. The van der Waals surface area contributed by atoms with Crippen LogP contribution in [0.1, 0.15) is 19.8 Å². The number of carbonyl (C=O) groups is 1. The molecule has 13 heavy (non-hydrogen) atoms. The molecule has 0 aliphatic carbocycles. The van der Waals surface area contributed by atoms with Gasteiger partial charge >= 0.3 is 59.1 Å². The second kappa shape index (κ2) is 13.6. The fraction of sp³-hybridized carbons (Fsp3) is 0.750. The quantitative estimate of drug-likeness (QED) is 0.359. The van der Waals surface area contributed by atoms with Crippen molar-refractivity contribution in [2.45, 2.75) is 19.8 Å². The van der Waals surface area contributed by atoms with Gasteiger partial charge in [-0.15, -0.1) is 0 Å². The van der Waals surface area contributed by atoms with Gasteiger partial charge in [-0.2, -0.15) is 0 Å². The Labute approximate surface area is 121 Å². The van der Waals surface area contributed by atoms with E-state index in [1.165, 1.54) is 0 Å². The second-order valence-electron chi connectivity index (χ2n) is 1.61. The van der Waals surface area contributed by atoms with Crippen LogP contribution in [0.25, 0.3) is 0 Å². The molecule has 0 aromatic rings. The Hall–Kier alpha value is 1.58. The predicted molar refractivity (Wildman–Crippen MR) is 32.0 cm³/mol. The summed E-state index contributed by atoms with van der Waals surface area (Å²) in [7, 11) is -4.89. The van der Waals surface area contributed by atoms with Gasteiger partial charge in [0.1, 0.15) is 0 Å². The molecule has 68 valence electrons. The van der Waals surface area contributed by atoms with Crippen LogP contribution in [0, 0.1) is 0 Å². The molecule has 0 saturated heterocycles. The van der Waals surface area contributed by atoms with Crippen molar-refractivity contribution in [3.63, 3.8) is 0 Å². The van der Waals surface area contributed by atoms with Gasteiger partial charge in [-0.25, -0.2) is 0 Å². The molecule has 2 N–H and O–H groups in total. The van der Waals surface area contributed by atoms with Gasteiger partial charge in [-0.3, -0.25) is 4.57 Å². The van der Waals surface area contributed by atoms with Crippen LogP contribution in [-0.2, 0) is 9.36 Å². The molecule has 9 heteroatoms. The summed E-state index contributed by atoms with van der Waals surface area (Å²) in [6.07, 6.45) is 0.850. The maximum atomic E-state index is 9.49. The number of phosphoric acid groups is 1. The van der Waals surface area contributed by atoms with Crippen LogP contribution < -0.4 is 69.1 Å². The maximum Gasteiger partial charge on any atom is 1.00 e. The van der Waals surface area contributed by atoms with Crippen molar-refractivity contribution in [3.8, 4) is 0 Å². The topological polar surface area (TPSA) is 121 Å². The molecule has 0 aromatic carbocycles. The van der Waals surface area contributed by atoms with Crippen LogP contribution in [0.5, 0.6) is 0 Å². The van der Waals surface area contributed by atoms with Crippen LogP contribution in [0.3, 0.4) is 0 Å². The number of rotatable bonds is 2. The molecule has 0 aliphatic heterocycles. The number of carbonyl (C=O) groups excluding carboxylic acids is 1. The molecule has 0 spiro atoms. The van der Waals surface area contributed by atoms with Gasteiger partial charge in [0.2, 0.25) is 0 Å². The van der Waals surface area contributed by atoms with E-state index in [-0.39, 0.29) is 65.5 Å². The van der Waals surface area contributed by atoms with Gasteiger partial charge in [-0.05, 0) is 6.42 Å². The SMILES string of the molecule is CCCC(=O)[O-].O=P([O-])(O)O.[Na+].[Na+]. The first-order valence-electron chi connectivity index (χ1n) is 2.73. The average Bonchev–Trinajstić information content (AvgIpc) is 1.58. The Morgan fingerprint density at radius 3 is 1.62 bits per heavy atom. The molecule has 0 saturated carbocycles. The summed E-state index contributed by atoms with van der Waals surface area (Å²) in [5, 5.41) is 9.49. The Balaban J connectivity index is -0.0000000546. The number of carboxylic acid groups (broad SMARTS) is 1. The zero-order valence-electron chi connectivity index (χ0n) is 7.89. The molecule has 0 bridgehead atoms. The van der Waals surface area contributed by atoms with Crippen LogP contribution in [0.4, 0.5) is 0 Å². The smallest absolute Gasteiger partial charge is 0.756 e. The van der Waals surface area contributed by atoms with E-state index in [0.29, 0.717) is 6.42 Å². The van der Waals surface area contributed by atoms with Crippen LogP contribution in [-0.4, -0.2) is 15.8 Å². The van der Waals surface area contributed by atoms with Crippen LogP contribution >= 0.6 is 7.82 Å². The standard InChI is InChI=1S/C4H8O2.2Na.H3O4P/c1-2-3-4(5)6;;;1-5(2,3)4/h2-3H2,1H3,(H,5,6);;;(H3,1,2,3,4)/q;2*+1;/p-2. The van der Waals surface area contributed by atoms with Crippen molar-refractivity contribution < 1.29 is 88.3 Å². The number of hydrogen-bond donors (Lipinski definition) is 2. The summed E-state index contributed by atoms with van der Waals surface area (Å²) in [6.45, 7) is 1.80. The van der Waals surface area contributed by atoms with E-state index in [1.54, 1.807) is 6.92 Å². The number of aliphatic carboxylic acids is 1. The molecular formula is C4H9Na2O6P. The van der Waals surface area contributed by atoms with E-state index in [1.807, 2.05) is 0 Å². The molecule has 0 amide bonds. The monoisotopic (exact) mass is 230 g/mol. The molecule has 6 nitrogen and oxygen atoms in total. The van der Waals surface area contributed by atoms with Gasteiger partial charge in [0, 0.05) is 5.97 Å². The molecule has 0 rings (SSSR count). The molecule has 0 unspecified atom stereocenters. The Bertz CT molecular complexity index is 148. The third kappa shape index (κ3) is 86.8. The van der Waals surface area contributed by atoms with Gasteiger partial charge < -0.3 is 24.6 Å². The molecule has 0 heterocycles. The van der Waals surface area contributed by atoms with E-state index in [9.17, 15) is 9.90 Å². The van der Waals surface area contributed by atoms with Gasteiger partial charge in [-0.1, -0.05) is 13.3 Å². The van der Waals surface area contributed by atoms with Gasteiger partial charge in [0.25, 0.3) is 7.82 Å². The largest absolute Gasteiger partial charge is 1.00 e. The zero-order chi connectivity index (χ0) is 9.49. The third-order valence-electron chi connectivity index (χ3n) is 0.454. The average molecular weight is 230 g/mol. The number of hydrogen-bond acceptors (Lipinski definition) is 4. The summed E-state index contributed by atoms with van der Waals surface area (Å²) in [6, 6.07) is 0. The van der Waals surface area contributed by atoms with E-state index in [0.717, 1.165) is 0 Å². The summed E-state index contributed by atoms with van der Waals surface area (Å²) in [4.78, 5) is 32.4. The summed E-state index contributed by atoms with van der Waals surface area (Å²) < 4.78 is 8.77. The minimum absolute atomic E-state index is 0. The van der Waals surface area contributed by atoms with Crippen molar-refractivity contribution in [1.82, 2.24) is 0 Å². The molecule has 0 aromatic heterocycles.